The molecule has 5 rings (SSSR count). The van der Waals surface area contributed by atoms with Crippen LogP contribution in [0.5, 0.6) is 0 Å². The highest BCUT2D eigenvalue weighted by Gasteiger charge is 2.23. The van der Waals surface area contributed by atoms with Gasteiger partial charge in [0.15, 0.2) is 0 Å². The fourth-order valence-corrected chi connectivity index (χ4v) is 4.60. The molecular formula is C29H27N3O2. The normalized spacial score (nSPS) is 14.2. The van der Waals surface area contributed by atoms with Crippen LogP contribution in [0.2, 0.25) is 0 Å². The first kappa shape index (κ1) is 21.8. The minimum absolute atomic E-state index is 0.0190. The summed E-state index contributed by atoms with van der Waals surface area (Å²) in [5.41, 5.74) is 4.82. The van der Waals surface area contributed by atoms with Crippen LogP contribution in [0.1, 0.15) is 34.7 Å². The molecular weight excluding hydrogens is 422 g/mol. The van der Waals surface area contributed by atoms with Gasteiger partial charge in [0, 0.05) is 35.8 Å². The molecule has 1 aliphatic heterocycles. The van der Waals surface area contributed by atoms with Crippen LogP contribution in [0.25, 0.3) is 22.0 Å². The summed E-state index contributed by atoms with van der Waals surface area (Å²) < 4.78 is 0. The Morgan fingerprint density at radius 2 is 1.56 bits per heavy atom. The van der Waals surface area contributed by atoms with Crippen molar-refractivity contribution < 1.29 is 9.59 Å². The fourth-order valence-electron chi connectivity index (χ4n) is 4.60. The Labute approximate surface area is 199 Å². The van der Waals surface area contributed by atoms with Crippen LogP contribution in [-0.2, 0) is 4.79 Å². The van der Waals surface area contributed by atoms with Gasteiger partial charge < -0.3 is 10.2 Å². The average molecular weight is 450 g/mol. The molecule has 5 nitrogen and oxygen atoms in total. The number of pyridine rings is 1. The number of amides is 2. The average Bonchev–Trinajstić information content (AvgIpc) is 2.92. The van der Waals surface area contributed by atoms with Crippen LogP contribution in [-0.4, -0.2) is 41.3 Å². The van der Waals surface area contributed by atoms with E-state index in [2.05, 4.69) is 40.6 Å². The highest BCUT2D eigenvalue weighted by Crippen LogP contribution is 2.27. The number of likely N-dealkylation sites (tertiary alicyclic amines) is 1. The third kappa shape index (κ3) is 4.84. The lowest BCUT2D eigenvalue weighted by atomic mass is 9.89. The van der Waals surface area contributed by atoms with Crippen molar-refractivity contribution in [2.45, 2.75) is 18.8 Å². The van der Waals surface area contributed by atoms with Gasteiger partial charge in [0.1, 0.15) is 0 Å². The third-order valence-corrected chi connectivity index (χ3v) is 6.59. The molecule has 0 spiro atoms. The summed E-state index contributed by atoms with van der Waals surface area (Å²) in [5, 5.41) is 3.86. The number of carbonyl (C=O) groups is 2. The first-order chi connectivity index (χ1) is 16.7. The van der Waals surface area contributed by atoms with Gasteiger partial charge in [0.05, 0.1) is 12.1 Å². The Hall–Kier alpha value is -3.99. The number of benzene rings is 3. The molecule has 170 valence electrons. The van der Waals surface area contributed by atoms with Crippen molar-refractivity contribution in [3.05, 3.63) is 102 Å². The van der Waals surface area contributed by atoms with Crippen molar-refractivity contribution in [3.63, 3.8) is 0 Å². The number of para-hydroxylation sites is 1. The lowest BCUT2D eigenvalue weighted by Gasteiger charge is -2.32. The minimum Gasteiger partial charge on any atom is -0.343 e. The number of hydrogen-bond donors (Lipinski definition) is 1. The largest absolute Gasteiger partial charge is 0.343 e. The van der Waals surface area contributed by atoms with Gasteiger partial charge in [-0.25, -0.2) is 0 Å². The molecule has 34 heavy (non-hydrogen) atoms. The van der Waals surface area contributed by atoms with E-state index in [4.69, 9.17) is 0 Å². The van der Waals surface area contributed by atoms with Gasteiger partial charge in [0.25, 0.3) is 5.91 Å². The second-order valence-corrected chi connectivity index (χ2v) is 8.74. The third-order valence-electron chi connectivity index (χ3n) is 6.59. The number of rotatable bonds is 5. The zero-order valence-electron chi connectivity index (χ0n) is 19.0. The van der Waals surface area contributed by atoms with Crippen LogP contribution < -0.4 is 5.32 Å². The van der Waals surface area contributed by atoms with E-state index in [0.717, 1.165) is 48.0 Å². The molecule has 5 heteroatoms. The molecule has 0 atom stereocenters. The van der Waals surface area contributed by atoms with Crippen molar-refractivity contribution in [3.8, 4) is 11.1 Å². The quantitative estimate of drug-likeness (QED) is 0.464. The highest BCUT2D eigenvalue weighted by molar-refractivity contribution is 5.97. The number of nitrogens with one attached hydrogen (secondary N) is 1. The monoisotopic (exact) mass is 449 g/mol. The molecule has 0 radical (unpaired) electrons. The minimum atomic E-state index is -0.240. The molecule has 0 saturated carbocycles. The summed E-state index contributed by atoms with van der Waals surface area (Å²) in [5.74, 6) is 0.227. The van der Waals surface area contributed by atoms with Crippen molar-refractivity contribution >= 4 is 22.7 Å². The second-order valence-electron chi connectivity index (χ2n) is 8.74. The van der Waals surface area contributed by atoms with E-state index in [0.29, 0.717) is 11.5 Å². The van der Waals surface area contributed by atoms with Crippen molar-refractivity contribution in [1.29, 1.82) is 0 Å². The number of nitrogens with zero attached hydrogens (tertiary/aromatic N) is 2. The zero-order chi connectivity index (χ0) is 23.3. The summed E-state index contributed by atoms with van der Waals surface area (Å²) in [7, 11) is 0. The van der Waals surface area contributed by atoms with Crippen molar-refractivity contribution in [1.82, 2.24) is 15.2 Å². The van der Waals surface area contributed by atoms with E-state index >= 15 is 0 Å². The summed E-state index contributed by atoms with van der Waals surface area (Å²) in [4.78, 5) is 31.6. The summed E-state index contributed by atoms with van der Waals surface area (Å²) in [6.45, 7) is 1.47. The van der Waals surface area contributed by atoms with E-state index in [1.165, 1.54) is 5.56 Å². The van der Waals surface area contributed by atoms with Gasteiger partial charge in [-0.3, -0.25) is 14.6 Å². The predicted molar refractivity (Wildman–Crippen MR) is 135 cm³/mol. The molecule has 2 heterocycles. The first-order valence-corrected chi connectivity index (χ1v) is 11.7. The summed E-state index contributed by atoms with van der Waals surface area (Å²) in [6.07, 6.45) is 3.75. The number of carbonyl (C=O) groups excluding carboxylic acids is 2. The van der Waals surface area contributed by atoms with E-state index in [9.17, 15) is 9.59 Å². The van der Waals surface area contributed by atoms with Gasteiger partial charge in [-0.2, -0.15) is 0 Å². The lowest BCUT2D eigenvalue weighted by molar-refractivity contribution is -0.131. The molecule has 2 amide bonds. The Kier molecular flexibility index (Phi) is 6.34. The first-order valence-electron chi connectivity index (χ1n) is 11.7. The van der Waals surface area contributed by atoms with Gasteiger partial charge in [-0.1, -0.05) is 60.7 Å². The molecule has 3 aromatic carbocycles. The van der Waals surface area contributed by atoms with E-state index in [1.54, 1.807) is 12.1 Å². The highest BCUT2D eigenvalue weighted by atomic mass is 16.2. The number of hydrogen-bond acceptors (Lipinski definition) is 3. The van der Waals surface area contributed by atoms with E-state index in [1.807, 2.05) is 53.6 Å². The molecule has 1 N–H and O–H groups in total. The van der Waals surface area contributed by atoms with Crippen LogP contribution in [0.4, 0.5) is 0 Å². The van der Waals surface area contributed by atoms with E-state index < -0.39 is 0 Å². The molecule has 0 unspecified atom stereocenters. The standard InChI is InChI=1S/C29H27N3O2/c33-28(32-16-14-23(15-17-32)21-6-2-1-3-7-21)20-31-29(34)24-12-10-22(11-13-24)26-18-25-8-4-5-9-27(25)30-19-26/h1-13,18-19,23H,14-17,20H2,(H,31,34). The molecule has 4 aromatic rings. The maximum absolute atomic E-state index is 12.6. The Bertz CT molecular complexity index is 1290. The Balaban J connectivity index is 1.14. The maximum Gasteiger partial charge on any atom is 0.251 e. The van der Waals surface area contributed by atoms with Crippen molar-refractivity contribution in [2.75, 3.05) is 19.6 Å². The fraction of sp³-hybridized carbons (Fsp3) is 0.207. The summed E-state index contributed by atoms with van der Waals surface area (Å²) >= 11 is 0. The number of piperidine rings is 1. The van der Waals surface area contributed by atoms with Crippen LogP contribution in [0.3, 0.4) is 0 Å². The van der Waals surface area contributed by atoms with Gasteiger partial charge in [-0.15, -0.1) is 0 Å². The zero-order valence-corrected chi connectivity index (χ0v) is 19.0. The molecule has 1 fully saturated rings. The SMILES string of the molecule is O=C(NCC(=O)N1CCC(c2ccccc2)CC1)c1ccc(-c2cnc3ccccc3c2)cc1. The summed E-state index contributed by atoms with van der Waals surface area (Å²) in [6, 6.07) is 28.0. The topological polar surface area (TPSA) is 62.3 Å². The second kappa shape index (κ2) is 9.87. The molecule has 0 bridgehead atoms. The van der Waals surface area contributed by atoms with Gasteiger partial charge >= 0.3 is 0 Å². The molecule has 1 aliphatic rings. The smallest absolute Gasteiger partial charge is 0.251 e. The molecule has 1 saturated heterocycles. The number of fused-ring (bicyclic) bond motifs is 1. The predicted octanol–water partition coefficient (Wildman–Crippen LogP) is 5.04. The van der Waals surface area contributed by atoms with Gasteiger partial charge in [0.2, 0.25) is 5.91 Å². The number of aromatic nitrogens is 1. The molecule has 0 aliphatic carbocycles. The van der Waals surface area contributed by atoms with Crippen LogP contribution >= 0.6 is 0 Å². The van der Waals surface area contributed by atoms with Crippen LogP contribution in [0, 0.1) is 0 Å². The van der Waals surface area contributed by atoms with E-state index in [-0.39, 0.29) is 18.4 Å². The van der Waals surface area contributed by atoms with Crippen LogP contribution in [0.15, 0.2) is 91.1 Å². The lowest BCUT2D eigenvalue weighted by Crippen LogP contribution is -2.43. The Morgan fingerprint density at radius 3 is 2.32 bits per heavy atom. The van der Waals surface area contributed by atoms with Gasteiger partial charge in [-0.05, 0) is 54.2 Å². The molecule has 1 aromatic heterocycles. The maximum atomic E-state index is 12.6. The van der Waals surface area contributed by atoms with Crippen molar-refractivity contribution in [2.24, 2.45) is 0 Å². The Morgan fingerprint density at radius 1 is 0.853 bits per heavy atom.